The van der Waals surface area contributed by atoms with Gasteiger partial charge in [0, 0.05) is 13.0 Å². The van der Waals surface area contributed by atoms with Crippen LogP contribution in [0.5, 0.6) is 0 Å². The number of esters is 1. The van der Waals surface area contributed by atoms with Crippen molar-refractivity contribution >= 4 is 11.9 Å². The molecule has 0 radical (unpaired) electrons. The van der Waals surface area contributed by atoms with Gasteiger partial charge in [-0.15, -0.1) is 0 Å². The van der Waals surface area contributed by atoms with Gasteiger partial charge in [-0.1, -0.05) is 6.42 Å². The van der Waals surface area contributed by atoms with Gasteiger partial charge >= 0.3 is 5.97 Å². The number of carbonyl (C=O) groups is 2. The smallest absolute Gasteiger partial charge is 0.333 e. The minimum atomic E-state index is -1.15. The summed E-state index contributed by atoms with van der Waals surface area (Å²) < 4.78 is 9.73. The van der Waals surface area contributed by atoms with Crippen LogP contribution in [0.1, 0.15) is 26.2 Å². The quantitative estimate of drug-likeness (QED) is 0.667. The van der Waals surface area contributed by atoms with Gasteiger partial charge in [0.15, 0.2) is 5.54 Å². The molecule has 110 valence electrons. The number of nitrogens with two attached hydrogens (primary N) is 1. The maximum atomic E-state index is 12.3. The number of hydrogen-bond donors (Lipinski definition) is 2. The summed E-state index contributed by atoms with van der Waals surface area (Å²) in [6.07, 6.45) is 2.78. The van der Waals surface area contributed by atoms with E-state index in [9.17, 15) is 9.59 Å². The minimum Gasteiger partial charge on any atom is -0.467 e. The fraction of sp³-hybridized carbons (Fsp3) is 0.846. The Bertz CT molecular complexity index is 335. The SMILES string of the molecule is COCC(C)(NC(=O)[C@@H]1CCC[C@@H]1CN)C(=O)OC. The Morgan fingerprint density at radius 2 is 2.05 bits per heavy atom. The molecule has 1 rings (SSSR count). The van der Waals surface area contributed by atoms with Crippen LogP contribution in [0.15, 0.2) is 0 Å². The second kappa shape index (κ2) is 6.86. The molecule has 1 fully saturated rings. The second-order valence-electron chi connectivity index (χ2n) is 5.28. The van der Waals surface area contributed by atoms with Crippen LogP contribution in [-0.2, 0) is 19.1 Å². The second-order valence-corrected chi connectivity index (χ2v) is 5.28. The molecule has 3 N–H and O–H groups in total. The van der Waals surface area contributed by atoms with Crippen LogP contribution in [-0.4, -0.2) is 44.8 Å². The first kappa shape index (κ1) is 15.9. The molecule has 0 heterocycles. The molecule has 0 spiro atoms. The van der Waals surface area contributed by atoms with E-state index in [2.05, 4.69) is 5.32 Å². The summed E-state index contributed by atoms with van der Waals surface area (Å²) in [6.45, 7) is 2.18. The summed E-state index contributed by atoms with van der Waals surface area (Å²) in [6, 6.07) is 0. The standard InChI is InChI=1S/C13H24N2O4/c1-13(8-18-2,12(17)19-3)15-11(16)10-6-4-5-9(10)7-14/h9-10H,4-8,14H2,1-3H3,(H,15,16)/t9-,10-,13?/m1/s1. The molecule has 1 saturated carbocycles. The summed E-state index contributed by atoms with van der Waals surface area (Å²) in [5.41, 5.74) is 4.52. The molecular weight excluding hydrogens is 248 g/mol. The van der Waals surface area contributed by atoms with E-state index in [1.54, 1.807) is 6.92 Å². The number of carbonyl (C=O) groups excluding carboxylic acids is 2. The Morgan fingerprint density at radius 3 is 2.58 bits per heavy atom. The van der Waals surface area contributed by atoms with Crippen LogP contribution in [0.3, 0.4) is 0 Å². The highest BCUT2D eigenvalue weighted by molar-refractivity contribution is 5.89. The summed E-state index contributed by atoms with van der Waals surface area (Å²) in [4.78, 5) is 24.1. The van der Waals surface area contributed by atoms with Crippen molar-refractivity contribution in [3.8, 4) is 0 Å². The average molecular weight is 272 g/mol. The van der Waals surface area contributed by atoms with E-state index in [0.29, 0.717) is 6.54 Å². The van der Waals surface area contributed by atoms with E-state index in [-0.39, 0.29) is 24.3 Å². The van der Waals surface area contributed by atoms with Gasteiger partial charge < -0.3 is 20.5 Å². The Labute approximate surface area is 114 Å². The average Bonchev–Trinajstić information content (AvgIpc) is 2.86. The molecule has 0 aliphatic heterocycles. The fourth-order valence-corrected chi connectivity index (χ4v) is 2.69. The number of ether oxygens (including phenoxy) is 2. The number of amides is 1. The Balaban J connectivity index is 2.73. The predicted molar refractivity (Wildman–Crippen MR) is 70.3 cm³/mol. The topological polar surface area (TPSA) is 90.6 Å². The van der Waals surface area contributed by atoms with E-state index in [1.807, 2.05) is 0 Å². The molecule has 6 nitrogen and oxygen atoms in total. The van der Waals surface area contributed by atoms with Crippen molar-refractivity contribution < 1.29 is 19.1 Å². The van der Waals surface area contributed by atoms with Crippen molar-refractivity contribution in [1.29, 1.82) is 0 Å². The molecule has 0 saturated heterocycles. The van der Waals surface area contributed by atoms with Gasteiger partial charge in [-0.2, -0.15) is 0 Å². The Kier molecular flexibility index (Phi) is 5.75. The van der Waals surface area contributed by atoms with Crippen molar-refractivity contribution in [1.82, 2.24) is 5.32 Å². The maximum Gasteiger partial charge on any atom is 0.333 e. The third-order valence-electron chi connectivity index (χ3n) is 3.77. The summed E-state index contributed by atoms with van der Waals surface area (Å²) in [7, 11) is 2.77. The van der Waals surface area contributed by atoms with Crippen LogP contribution < -0.4 is 11.1 Å². The molecule has 6 heteroatoms. The third-order valence-corrected chi connectivity index (χ3v) is 3.77. The highest BCUT2D eigenvalue weighted by atomic mass is 16.5. The molecule has 1 aliphatic carbocycles. The van der Waals surface area contributed by atoms with Gasteiger partial charge in [0.25, 0.3) is 0 Å². The summed E-state index contributed by atoms with van der Waals surface area (Å²) in [5.74, 6) is -0.571. The molecule has 0 bridgehead atoms. The number of methoxy groups -OCH3 is 2. The van der Waals surface area contributed by atoms with Crippen LogP contribution in [0.2, 0.25) is 0 Å². The van der Waals surface area contributed by atoms with Crippen LogP contribution in [0.25, 0.3) is 0 Å². The van der Waals surface area contributed by atoms with Crippen molar-refractivity contribution in [2.24, 2.45) is 17.6 Å². The lowest BCUT2D eigenvalue weighted by Crippen LogP contribution is -2.57. The van der Waals surface area contributed by atoms with Gasteiger partial charge in [-0.05, 0) is 32.2 Å². The Morgan fingerprint density at radius 1 is 1.37 bits per heavy atom. The minimum absolute atomic E-state index is 0.0748. The van der Waals surface area contributed by atoms with E-state index in [1.165, 1.54) is 14.2 Å². The van der Waals surface area contributed by atoms with E-state index >= 15 is 0 Å². The lowest BCUT2D eigenvalue weighted by molar-refractivity contribution is -0.153. The lowest BCUT2D eigenvalue weighted by atomic mass is 9.93. The van der Waals surface area contributed by atoms with Crippen molar-refractivity contribution in [2.45, 2.75) is 31.7 Å². The molecule has 19 heavy (non-hydrogen) atoms. The zero-order chi connectivity index (χ0) is 14.5. The van der Waals surface area contributed by atoms with Crippen molar-refractivity contribution in [3.63, 3.8) is 0 Å². The molecular formula is C13H24N2O4. The van der Waals surface area contributed by atoms with E-state index in [0.717, 1.165) is 19.3 Å². The van der Waals surface area contributed by atoms with Crippen molar-refractivity contribution in [2.75, 3.05) is 27.4 Å². The molecule has 1 aliphatic rings. The number of rotatable bonds is 6. The largest absolute Gasteiger partial charge is 0.467 e. The van der Waals surface area contributed by atoms with Gasteiger partial charge in [-0.3, -0.25) is 4.79 Å². The molecule has 0 aromatic carbocycles. The summed E-state index contributed by atoms with van der Waals surface area (Å²) >= 11 is 0. The highest BCUT2D eigenvalue weighted by Gasteiger charge is 2.40. The normalized spacial score (nSPS) is 25.7. The van der Waals surface area contributed by atoms with E-state index < -0.39 is 11.5 Å². The van der Waals surface area contributed by atoms with Crippen LogP contribution in [0.4, 0.5) is 0 Å². The first-order valence-corrected chi connectivity index (χ1v) is 6.58. The van der Waals surface area contributed by atoms with Gasteiger partial charge in [0.05, 0.1) is 13.7 Å². The van der Waals surface area contributed by atoms with Gasteiger partial charge in [0.2, 0.25) is 5.91 Å². The molecule has 0 aromatic heterocycles. The highest BCUT2D eigenvalue weighted by Crippen LogP contribution is 2.31. The predicted octanol–water partition coefficient (Wildman–Crippen LogP) is 0.0557. The molecule has 3 atom stereocenters. The molecule has 1 amide bonds. The van der Waals surface area contributed by atoms with Crippen LogP contribution >= 0.6 is 0 Å². The van der Waals surface area contributed by atoms with Crippen LogP contribution in [0, 0.1) is 11.8 Å². The fourth-order valence-electron chi connectivity index (χ4n) is 2.69. The number of hydrogen-bond acceptors (Lipinski definition) is 5. The van der Waals surface area contributed by atoms with E-state index in [4.69, 9.17) is 15.2 Å². The first-order valence-electron chi connectivity index (χ1n) is 6.58. The maximum absolute atomic E-state index is 12.3. The number of nitrogens with one attached hydrogen (secondary N) is 1. The van der Waals surface area contributed by atoms with Crippen molar-refractivity contribution in [3.05, 3.63) is 0 Å². The first-order chi connectivity index (χ1) is 8.98. The van der Waals surface area contributed by atoms with Gasteiger partial charge in [-0.25, -0.2) is 4.79 Å². The zero-order valence-electron chi connectivity index (χ0n) is 11.9. The van der Waals surface area contributed by atoms with Gasteiger partial charge in [0.1, 0.15) is 0 Å². The lowest BCUT2D eigenvalue weighted by Gasteiger charge is -2.29. The molecule has 0 aromatic rings. The monoisotopic (exact) mass is 272 g/mol. The zero-order valence-corrected chi connectivity index (χ0v) is 11.9. The molecule has 1 unspecified atom stereocenters. The Hall–Kier alpha value is -1.14. The third kappa shape index (κ3) is 3.67. The summed E-state index contributed by atoms with van der Waals surface area (Å²) in [5, 5.41) is 2.76.